The van der Waals surface area contributed by atoms with E-state index in [4.69, 9.17) is 23.2 Å². The van der Waals surface area contributed by atoms with Gasteiger partial charge in [0.1, 0.15) is 0 Å². The monoisotopic (exact) mass is 376 g/mol. The fourth-order valence-electron chi connectivity index (χ4n) is 2.97. The van der Waals surface area contributed by atoms with Gasteiger partial charge in [0.2, 0.25) is 11.8 Å². The van der Waals surface area contributed by atoms with Gasteiger partial charge in [-0.3, -0.25) is 9.59 Å². The Morgan fingerprint density at radius 3 is 2.60 bits per heavy atom. The summed E-state index contributed by atoms with van der Waals surface area (Å²) in [6.45, 7) is 2.24. The minimum absolute atomic E-state index is 0.114. The number of carbonyl (C=O) groups excluding carboxylic acids is 2. The van der Waals surface area contributed by atoms with E-state index < -0.39 is 5.92 Å². The van der Waals surface area contributed by atoms with Crippen LogP contribution in [0.3, 0.4) is 0 Å². The van der Waals surface area contributed by atoms with Crippen LogP contribution in [0.2, 0.25) is 10.0 Å². The van der Waals surface area contributed by atoms with Crippen LogP contribution in [-0.4, -0.2) is 18.4 Å². The van der Waals surface area contributed by atoms with Crippen molar-refractivity contribution in [3.05, 3.63) is 64.1 Å². The van der Waals surface area contributed by atoms with Gasteiger partial charge >= 0.3 is 0 Å². The highest BCUT2D eigenvalue weighted by molar-refractivity contribution is 6.36. The van der Waals surface area contributed by atoms with Crippen LogP contribution in [0.25, 0.3) is 0 Å². The molecule has 2 unspecified atom stereocenters. The molecule has 1 aliphatic heterocycles. The number of benzene rings is 2. The summed E-state index contributed by atoms with van der Waals surface area (Å²) in [5.41, 5.74) is 1.61. The second kappa shape index (κ2) is 7.46. The lowest BCUT2D eigenvalue weighted by Gasteiger charge is -2.19. The van der Waals surface area contributed by atoms with Gasteiger partial charge in [-0.1, -0.05) is 53.5 Å². The predicted molar refractivity (Wildman–Crippen MR) is 99.9 cm³/mol. The van der Waals surface area contributed by atoms with Crippen LogP contribution in [0.4, 0.5) is 5.69 Å². The van der Waals surface area contributed by atoms with Gasteiger partial charge in [-0.15, -0.1) is 0 Å². The molecule has 2 amide bonds. The molecule has 0 spiro atoms. The zero-order chi connectivity index (χ0) is 18.0. The van der Waals surface area contributed by atoms with E-state index in [0.717, 1.165) is 5.56 Å². The lowest BCUT2D eigenvalue weighted by molar-refractivity contribution is -0.126. The van der Waals surface area contributed by atoms with E-state index in [0.29, 0.717) is 22.3 Å². The van der Waals surface area contributed by atoms with Crippen LogP contribution in [0.5, 0.6) is 0 Å². The topological polar surface area (TPSA) is 49.4 Å². The summed E-state index contributed by atoms with van der Waals surface area (Å²) in [4.78, 5) is 26.4. The summed E-state index contributed by atoms with van der Waals surface area (Å²) in [6, 6.07) is 14.6. The SMILES string of the molecule is CC(NC(=O)C1CC(=O)N(c2ccc(Cl)cc2Cl)C1)c1ccccc1. The molecule has 0 aliphatic carbocycles. The van der Waals surface area contributed by atoms with Gasteiger partial charge in [0.25, 0.3) is 0 Å². The van der Waals surface area contributed by atoms with Gasteiger partial charge < -0.3 is 10.2 Å². The number of rotatable bonds is 4. The third-order valence-corrected chi connectivity index (χ3v) is 4.89. The van der Waals surface area contributed by atoms with Crippen molar-refractivity contribution in [2.45, 2.75) is 19.4 Å². The molecule has 2 aromatic carbocycles. The maximum absolute atomic E-state index is 12.5. The maximum Gasteiger partial charge on any atom is 0.227 e. The third-order valence-electron chi connectivity index (χ3n) is 4.35. The van der Waals surface area contributed by atoms with Gasteiger partial charge in [0.15, 0.2) is 0 Å². The van der Waals surface area contributed by atoms with E-state index >= 15 is 0 Å². The van der Waals surface area contributed by atoms with Gasteiger partial charge in [0.05, 0.1) is 22.7 Å². The van der Waals surface area contributed by atoms with Crippen LogP contribution in [0, 0.1) is 5.92 Å². The van der Waals surface area contributed by atoms with E-state index in [-0.39, 0.29) is 24.3 Å². The molecule has 1 N–H and O–H groups in total. The highest BCUT2D eigenvalue weighted by atomic mass is 35.5. The largest absolute Gasteiger partial charge is 0.349 e. The van der Waals surface area contributed by atoms with E-state index in [9.17, 15) is 9.59 Å². The van der Waals surface area contributed by atoms with Crippen molar-refractivity contribution in [1.29, 1.82) is 0 Å². The van der Waals surface area contributed by atoms with Crippen molar-refractivity contribution in [1.82, 2.24) is 5.32 Å². The molecule has 1 fully saturated rings. The molecule has 1 saturated heterocycles. The number of amides is 2. The molecule has 1 heterocycles. The molecule has 1 aliphatic rings. The summed E-state index contributed by atoms with van der Waals surface area (Å²) in [6.07, 6.45) is 0.173. The quantitative estimate of drug-likeness (QED) is 0.867. The predicted octanol–water partition coefficient (Wildman–Crippen LogP) is 4.22. The Morgan fingerprint density at radius 2 is 1.92 bits per heavy atom. The average molecular weight is 377 g/mol. The molecule has 2 atom stereocenters. The zero-order valence-corrected chi connectivity index (χ0v) is 15.2. The molecular formula is C19H18Cl2N2O2. The normalized spacial score (nSPS) is 18.3. The number of halogens is 2. The smallest absolute Gasteiger partial charge is 0.227 e. The van der Waals surface area contributed by atoms with Crippen molar-refractivity contribution in [3.63, 3.8) is 0 Å². The third kappa shape index (κ3) is 3.97. The molecule has 0 saturated carbocycles. The van der Waals surface area contributed by atoms with E-state index in [1.165, 1.54) is 0 Å². The molecule has 0 bridgehead atoms. The molecule has 3 rings (SSSR count). The van der Waals surface area contributed by atoms with Crippen LogP contribution in [0.1, 0.15) is 24.9 Å². The van der Waals surface area contributed by atoms with Crippen LogP contribution in [0.15, 0.2) is 48.5 Å². The van der Waals surface area contributed by atoms with Crippen LogP contribution in [-0.2, 0) is 9.59 Å². The number of nitrogens with one attached hydrogen (secondary N) is 1. The minimum Gasteiger partial charge on any atom is -0.349 e. The molecular weight excluding hydrogens is 359 g/mol. The molecule has 6 heteroatoms. The molecule has 2 aromatic rings. The lowest BCUT2D eigenvalue weighted by atomic mass is 10.1. The highest BCUT2D eigenvalue weighted by Crippen LogP contribution is 2.33. The van der Waals surface area contributed by atoms with Gasteiger partial charge in [-0.05, 0) is 30.7 Å². The molecule has 25 heavy (non-hydrogen) atoms. The van der Waals surface area contributed by atoms with Crippen molar-refractivity contribution < 1.29 is 9.59 Å². The fourth-order valence-corrected chi connectivity index (χ4v) is 3.48. The van der Waals surface area contributed by atoms with Gasteiger partial charge in [-0.25, -0.2) is 0 Å². The number of nitrogens with zero attached hydrogens (tertiary/aromatic N) is 1. The lowest BCUT2D eigenvalue weighted by Crippen LogP contribution is -2.34. The number of hydrogen-bond acceptors (Lipinski definition) is 2. The summed E-state index contributed by atoms with van der Waals surface area (Å²) < 4.78 is 0. The van der Waals surface area contributed by atoms with Crippen LogP contribution >= 0.6 is 23.2 Å². The highest BCUT2D eigenvalue weighted by Gasteiger charge is 2.36. The van der Waals surface area contributed by atoms with E-state index in [1.807, 2.05) is 37.3 Å². The summed E-state index contributed by atoms with van der Waals surface area (Å²) in [5.74, 6) is -0.639. The first-order chi connectivity index (χ1) is 12.0. The Kier molecular flexibility index (Phi) is 5.30. The summed E-state index contributed by atoms with van der Waals surface area (Å²) in [5, 5.41) is 3.89. The first kappa shape index (κ1) is 17.8. The fraction of sp³-hybridized carbons (Fsp3) is 0.263. The molecule has 4 nitrogen and oxygen atoms in total. The second-order valence-electron chi connectivity index (χ2n) is 6.14. The van der Waals surface area contributed by atoms with Crippen molar-refractivity contribution in [3.8, 4) is 0 Å². The minimum atomic E-state index is -0.398. The first-order valence-electron chi connectivity index (χ1n) is 8.06. The summed E-state index contributed by atoms with van der Waals surface area (Å²) in [7, 11) is 0. The number of carbonyl (C=O) groups is 2. The zero-order valence-electron chi connectivity index (χ0n) is 13.7. The summed E-state index contributed by atoms with van der Waals surface area (Å²) >= 11 is 12.1. The van der Waals surface area contributed by atoms with E-state index in [2.05, 4.69) is 5.32 Å². The first-order valence-corrected chi connectivity index (χ1v) is 8.82. The molecule has 0 radical (unpaired) electrons. The molecule has 0 aromatic heterocycles. The Hall–Kier alpha value is -2.04. The number of hydrogen-bond donors (Lipinski definition) is 1. The standard InChI is InChI=1S/C19H18Cl2N2O2/c1-12(13-5-3-2-4-6-13)22-19(25)14-9-18(24)23(11-14)17-8-7-15(20)10-16(17)21/h2-8,10,12,14H,9,11H2,1H3,(H,22,25). The van der Waals surface area contributed by atoms with Crippen molar-refractivity contribution in [2.75, 3.05) is 11.4 Å². The van der Waals surface area contributed by atoms with Gasteiger partial charge in [0, 0.05) is 18.0 Å². The Balaban J connectivity index is 1.68. The van der Waals surface area contributed by atoms with Crippen molar-refractivity contribution >= 4 is 40.7 Å². The van der Waals surface area contributed by atoms with E-state index in [1.54, 1.807) is 23.1 Å². The average Bonchev–Trinajstić information content (AvgIpc) is 2.97. The molecule has 130 valence electrons. The Labute approximate surface area is 156 Å². The maximum atomic E-state index is 12.5. The van der Waals surface area contributed by atoms with Gasteiger partial charge in [-0.2, -0.15) is 0 Å². The Morgan fingerprint density at radius 1 is 1.20 bits per heavy atom. The number of anilines is 1. The second-order valence-corrected chi connectivity index (χ2v) is 6.99. The Bertz CT molecular complexity index is 795. The van der Waals surface area contributed by atoms with Crippen LogP contribution < -0.4 is 10.2 Å². The van der Waals surface area contributed by atoms with Crippen molar-refractivity contribution in [2.24, 2.45) is 5.92 Å².